The minimum Gasteiger partial charge on any atom is -0.468 e. The average Bonchev–Trinajstić information content (AvgIpc) is 3.39. The van der Waals surface area contributed by atoms with Crippen molar-refractivity contribution in [2.45, 2.75) is 105 Å². The second-order valence-electron chi connectivity index (χ2n) is 11.8. The minimum atomic E-state index is -1.13. The number of hydrogen-bond acceptors (Lipinski definition) is 6. The zero-order valence-corrected chi connectivity index (χ0v) is 24.8. The topological polar surface area (TPSA) is 84.9 Å². The summed E-state index contributed by atoms with van der Waals surface area (Å²) in [5.74, 6) is -1.32. The monoisotopic (exact) mass is 546 g/mol. The van der Waals surface area contributed by atoms with Crippen molar-refractivity contribution in [3.05, 3.63) is 34.2 Å². The molecular formula is C30H46N2O5S. The molecule has 3 heterocycles. The van der Waals surface area contributed by atoms with Crippen molar-refractivity contribution in [1.82, 2.24) is 10.2 Å². The third-order valence-corrected chi connectivity index (χ3v) is 8.77. The Morgan fingerprint density at radius 2 is 1.92 bits per heavy atom. The van der Waals surface area contributed by atoms with Crippen LogP contribution in [0.25, 0.3) is 0 Å². The van der Waals surface area contributed by atoms with E-state index in [9.17, 15) is 14.4 Å². The number of thiophene rings is 1. The highest BCUT2D eigenvalue weighted by Crippen LogP contribution is 2.51. The van der Waals surface area contributed by atoms with Gasteiger partial charge < -0.3 is 19.7 Å². The summed E-state index contributed by atoms with van der Waals surface area (Å²) < 4.78 is 11.8. The van der Waals surface area contributed by atoms with Crippen LogP contribution in [0.15, 0.2) is 29.3 Å². The number of amides is 2. The molecule has 8 heteroatoms. The van der Waals surface area contributed by atoms with Crippen LogP contribution in [0.5, 0.6) is 0 Å². The second-order valence-corrected chi connectivity index (χ2v) is 12.8. The predicted octanol–water partition coefficient (Wildman–Crippen LogP) is 5.84. The van der Waals surface area contributed by atoms with E-state index in [-0.39, 0.29) is 36.2 Å². The SMILES string of the molecule is CCCCCCCCN1C(=O)[C@@H](CC(=O)NCc2cccs2)C[C@@]2(C(=O)OC)C1=C[C@H](C(C)(C)C)O[C@@H]2C. The molecule has 0 aliphatic carbocycles. The van der Waals surface area contributed by atoms with E-state index in [2.05, 4.69) is 33.0 Å². The van der Waals surface area contributed by atoms with Gasteiger partial charge in [-0.1, -0.05) is 65.9 Å². The Balaban J connectivity index is 1.90. The first-order valence-electron chi connectivity index (χ1n) is 14.1. The number of carbonyl (C=O) groups is 3. The summed E-state index contributed by atoms with van der Waals surface area (Å²) in [6.07, 6.45) is 8.00. The summed E-state index contributed by atoms with van der Waals surface area (Å²) >= 11 is 1.58. The zero-order valence-electron chi connectivity index (χ0n) is 24.0. The van der Waals surface area contributed by atoms with Crippen LogP contribution < -0.4 is 5.32 Å². The lowest BCUT2D eigenvalue weighted by molar-refractivity contribution is -0.180. The Morgan fingerprint density at radius 3 is 2.55 bits per heavy atom. The molecule has 1 N–H and O–H groups in total. The molecule has 2 aliphatic rings. The average molecular weight is 547 g/mol. The summed E-state index contributed by atoms with van der Waals surface area (Å²) in [5.41, 5.74) is -0.653. The molecule has 0 saturated carbocycles. The molecule has 0 aromatic carbocycles. The lowest BCUT2D eigenvalue weighted by atomic mass is 9.65. The fraction of sp³-hybridized carbons (Fsp3) is 0.700. The summed E-state index contributed by atoms with van der Waals surface area (Å²) in [5, 5.41) is 4.91. The quantitative estimate of drug-likeness (QED) is 0.263. The number of ether oxygens (including phenoxy) is 2. The molecule has 1 aromatic rings. The molecule has 0 unspecified atom stereocenters. The van der Waals surface area contributed by atoms with Crippen molar-refractivity contribution in [1.29, 1.82) is 0 Å². The number of methoxy groups -OCH3 is 1. The molecule has 3 rings (SSSR count). The first kappa shape index (κ1) is 30.4. The summed E-state index contributed by atoms with van der Waals surface area (Å²) in [6, 6.07) is 3.91. The van der Waals surface area contributed by atoms with Crippen molar-refractivity contribution >= 4 is 29.1 Å². The van der Waals surface area contributed by atoms with Crippen LogP contribution in [0.1, 0.15) is 90.9 Å². The normalized spacial score (nSPS) is 25.5. The first-order valence-corrected chi connectivity index (χ1v) is 15.0. The van der Waals surface area contributed by atoms with Crippen LogP contribution in [-0.2, 0) is 30.4 Å². The largest absolute Gasteiger partial charge is 0.468 e. The van der Waals surface area contributed by atoms with Gasteiger partial charge in [0.05, 0.1) is 25.9 Å². The van der Waals surface area contributed by atoms with Crippen molar-refractivity contribution < 1.29 is 23.9 Å². The van der Waals surface area contributed by atoms with Gasteiger partial charge in [-0.2, -0.15) is 0 Å². The second kappa shape index (κ2) is 13.2. The van der Waals surface area contributed by atoms with Crippen molar-refractivity contribution in [2.75, 3.05) is 13.7 Å². The van der Waals surface area contributed by atoms with Gasteiger partial charge in [-0.3, -0.25) is 14.4 Å². The summed E-state index contributed by atoms with van der Waals surface area (Å²) in [4.78, 5) is 43.3. The number of unbranched alkanes of at least 4 members (excludes halogenated alkanes) is 5. The fourth-order valence-corrected chi connectivity index (χ4v) is 6.26. The third kappa shape index (κ3) is 6.87. The standard InChI is InChI=1S/C30H46N2O5S/c1-7-8-9-10-11-12-15-32-24-18-25(29(3,4)5)37-21(2)30(24,28(35)36-6)19-22(27(32)34)17-26(33)31-20-23-14-13-16-38-23/h13-14,16,18,21-22,25H,7-12,15,17,19-20H2,1-6H3,(H,31,33)/t21-,22+,25-,30+/m1/s1. The lowest BCUT2D eigenvalue weighted by Gasteiger charge is -2.53. The first-order chi connectivity index (χ1) is 18.0. The zero-order chi connectivity index (χ0) is 27.9. The van der Waals surface area contributed by atoms with Gasteiger partial charge in [0.1, 0.15) is 5.41 Å². The molecule has 0 radical (unpaired) electrons. The summed E-state index contributed by atoms with van der Waals surface area (Å²) in [7, 11) is 1.38. The van der Waals surface area contributed by atoms with Crippen LogP contribution in [-0.4, -0.2) is 48.5 Å². The Kier molecular flexibility index (Phi) is 10.6. The molecule has 0 bridgehead atoms. The van der Waals surface area contributed by atoms with Gasteiger partial charge in [0.2, 0.25) is 11.8 Å². The number of carbonyl (C=O) groups excluding carboxylic acids is 3. The Labute approximate surface area is 232 Å². The molecular weight excluding hydrogens is 500 g/mol. The number of hydrogen-bond donors (Lipinski definition) is 1. The molecule has 2 amide bonds. The van der Waals surface area contributed by atoms with Gasteiger partial charge in [-0.05, 0) is 42.7 Å². The number of nitrogens with zero attached hydrogens (tertiary/aromatic N) is 1. The Morgan fingerprint density at radius 1 is 1.21 bits per heavy atom. The van der Waals surface area contributed by atoms with E-state index >= 15 is 0 Å². The van der Waals surface area contributed by atoms with Gasteiger partial charge >= 0.3 is 5.97 Å². The lowest BCUT2D eigenvalue weighted by Crippen LogP contribution is -2.61. The highest BCUT2D eigenvalue weighted by atomic mass is 32.1. The molecule has 212 valence electrons. The van der Waals surface area contributed by atoms with E-state index in [1.54, 1.807) is 16.2 Å². The maximum Gasteiger partial charge on any atom is 0.320 e. The van der Waals surface area contributed by atoms with Crippen molar-refractivity contribution in [3.8, 4) is 0 Å². The van der Waals surface area contributed by atoms with E-state index in [0.717, 1.165) is 24.1 Å². The van der Waals surface area contributed by atoms with Crippen LogP contribution in [0.4, 0.5) is 0 Å². The minimum absolute atomic E-state index is 0.0264. The van der Waals surface area contributed by atoms with E-state index in [1.165, 1.54) is 26.4 Å². The molecule has 7 nitrogen and oxygen atoms in total. The number of rotatable bonds is 12. The smallest absolute Gasteiger partial charge is 0.320 e. The number of piperidine rings is 1. The maximum absolute atomic E-state index is 13.9. The molecule has 4 atom stereocenters. The van der Waals surface area contributed by atoms with Gasteiger partial charge in [0.15, 0.2) is 0 Å². The number of fused-ring (bicyclic) bond motifs is 1. The highest BCUT2D eigenvalue weighted by molar-refractivity contribution is 7.09. The predicted molar refractivity (Wildman–Crippen MR) is 150 cm³/mol. The molecule has 1 fully saturated rings. The number of nitrogens with one attached hydrogen (secondary N) is 1. The van der Waals surface area contributed by atoms with Gasteiger partial charge in [-0.25, -0.2) is 0 Å². The highest BCUT2D eigenvalue weighted by Gasteiger charge is 2.60. The van der Waals surface area contributed by atoms with E-state index in [0.29, 0.717) is 18.8 Å². The van der Waals surface area contributed by atoms with Gasteiger partial charge in [0, 0.05) is 29.5 Å². The fourth-order valence-electron chi connectivity index (χ4n) is 5.62. The van der Waals surface area contributed by atoms with E-state index in [1.807, 2.05) is 30.5 Å². The maximum atomic E-state index is 13.9. The van der Waals surface area contributed by atoms with Crippen LogP contribution >= 0.6 is 11.3 Å². The molecule has 38 heavy (non-hydrogen) atoms. The Hall–Kier alpha value is -2.19. The van der Waals surface area contributed by atoms with Crippen LogP contribution in [0.3, 0.4) is 0 Å². The van der Waals surface area contributed by atoms with Gasteiger partial charge in [0.25, 0.3) is 0 Å². The molecule has 2 aliphatic heterocycles. The van der Waals surface area contributed by atoms with Crippen LogP contribution in [0.2, 0.25) is 0 Å². The van der Waals surface area contributed by atoms with Crippen molar-refractivity contribution in [2.24, 2.45) is 16.7 Å². The number of likely N-dealkylation sites (tertiary alicyclic amines) is 1. The third-order valence-electron chi connectivity index (χ3n) is 7.90. The van der Waals surface area contributed by atoms with Crippen LogP contribution in [0, 0.1) is 16.7 Å². The molecule has 0 spiro atoms. The molecule has 1 aromatic heterocycles. The Bertz CT molecular complexity index is 983. The molecule has 1 saturated heterocycles. The van der Waals surface area contributed by atoms with Crippen molar-refractivity contribution in [3.63, 3.8) is 0 Å². The van der Waals surface area contributed by atoms with Gasteiger partial charge in [-0.15, -0.1) is 11.3 Å². The van der Waals surface area contributed by atoms with E-state index < -0.39 is 23.4 Å². The number of esters is 1. The summed E-state index contributed by atoms with van der Waals surface area (Å²) in [6.45, 7) is 11.3. The van der Waals surface area contributed by atoms with E-state index in [4.69, 9.17) is 9.47 Å².